The summed E-state index contributed by atoms with van der Waals surface area (Å²) < 4.78 is 12.9. The molecule has 1 amide bonds. The third kappa shape index (κ3) is 7.07. The highest BCUT2D eigenvalue weighted by Gasteiger charge is 2.34. The van der Waals surface area contributed by atoms with E-state index in [1.165, 1.54) is 4.90 Å². The van der Waals surface area contributed by atoms with Gasteiger partial charge in [-0.05, 0) is 53.4 Å². The van der Waals surface area contributed by atoms with E-state index in [2.05, 4.69) is 30.7 Å². The van der Waals surface area contributed by atoms with Crippen LogP contribution in [0.4, 0.5) is 4.79 Å². The van der Waals surface area contributed by atoms with Crippen LogP contribution in [0.15, 0.2) is 79.3 Å². The highest BCUT2D eigenvalue weighted by atomic mass is 28.4. The van der Waals surface area contributed by atoms with E-state index in [0.717, 1.165) is 51.5 Å². The minimum Gasteiger partial charge on any atom is -0.487 e. The maximum atomic E-state index is 12.4. The fourth-order valence-electron chi connectivity index (χ4n) is 5.05. The summed E-state index contributed by atoms with van der Waals surface area (Å²) in [5.41, 5.74) is 4.00. The van der Waals surface area contributed by atoms with Crippen molar-refractivity contribution in [2.45, 2.75) is 58.0 Å². The molecule has 39 heavy (non-hydrogen) atoms. The topological polar surface area (TPSA) is 87.7 Å². The Kier molecular flexibility index (Phi) is 9.78. The van der Waals surface area contributed by atoms with E-state index in [1.807, 2.05) is 66.9 Å². The summed E-state index contributed by atoms with van der Waals surface area (Å²) in [5.74, 6) is 0.780. The second kappa shape index (κ2) is 13.4. The van der Waals surface area contributed by atoms with Gasteiger partial charge in [-0.25, -0.2) is 4.79 Å². The monoisotopic (exact) mass is 545 g/mol. The maximum absolute atomic E-state index is 12.4. The van der Waals surface area contributed by atoms with Crippen molar-refractivity contribution in [2.75, 3.05) is 13.1 Å². The van der Waals surface area contributed by atoms with Crippen molar-refractivity contribution in [1.29, 1.82) is 0 Å². The maximum Gasteiger partial charge on any atom is 0.407 e. The number of hydrogen-bond donors (Lipinski definition) is 2. The van der Waals surface area contributed by atoms with Crippen LogP contribution >= 0.6 is 0 Å². The summed E-state index contributed by atoms with van der Waals surface area (Å²) in [6.45, 7) is 7.66. The molecule has 0 radical (unpaired) electrons. The number of carbonyl (C=O) groups is 1. The van der Waals surface area contributed by atoms with Gasteiger partial charge in [-0.2, -0.15) is 0 Å². The average molecular weight is 546 g/mol. The lowest BCUT2D eigenvalue weighted by Crippen LogP contribution is -2.42. The van der Waals surface area contributed by atoms with Gasteiger partial charge in [0.05, 0.1) is 18.2 Å². The Labute approximate surface area is 231 Å². The number of aromatic amines is 1. The normalized spacial score (nSPS) is 12.4. The Bertz CT molecular complexity index is 1320. The van der Waals surface area contributed by atoms with Gasteiger partial charge in [-0.15, -0.1) is 0 Å². The van der Waals surface area contributed by atoms with Crippen molar-refractivity contribution in [3.05, 3.63) is 95.9 Å². The number of fused-ring (bicyclic) bond motifs is 1. The van der Waals surface area contributed by atoms with Gasteiger partial charge in [0.1, 0.15) is 12.4 Å². The van der Waals surface area contributed by atoms with Gasteiger partial charge in [0, 0.05) is 30.5 Å². The third-order valence-corrected chi connectivity index (χ3v) is 12.3. The van der Waals surface area contributed by atoms with Crippen molar-refractivity contribution < 1.29 is 19.1 Å². The van der Waals surface area contributed by atoms with Crippen molar-refractivity contribution >= 4 is 25.3 Å². The number of nitrogens with zero attached hydrogens (tertiary/aromatic N) is 2. The lowest BCUT2D eigenvalue weighted by Gasteiger charge is -2.35. The van der Waals surface area contributed by atoms with E-state index in [-0.39, 0.29) is 12.6 Å². The van der Waals surface area contributed by atoms with Crippen LogP contribution < -0.4 is 4.74 Å². The molecule has 0 saturated heterocycles. The zero-order valence-electron chi connectivity index (χ0n) is 23.1. The van der Waals surface area contributed by atoms with Crippen molar-refractivity contribution in [3.8, 4) is 5.75 Å². The number of hydrogen-bond acceptors (Lipinski definition) is 4. The van der Waals surface area contributed by atoms with Crippen LogP contribution in [-0.4, -0.2) is 47.5 Å². The van der Waals surface area contributed by atoms with Crippen LogP contribution in [0.25, 0.3) is 10.9 Å². The van der Waals surface area contributed by atoms with Gasteiger partial charge in [0.15, 0.2) is 8.32 Å². The third-order valence-electron chi connectivity index (χ3n) is 7.69. The predicted molar refractivity (Wildman–Crippen MR) is 158 cm³/mol. The molecule has 2 N–H and O–H groups in total. The highest BCUT2D eigenvalue weighted by Crippen LogP contribution is 2.31. The number of benzene rings is 2. The van der Waals surface area contributed by atoms with Crippen LogP contribution in [0.3, 0.4) is 0 Å². The second-order valence-electron chi connectivity index (χ2n) is 9.88. The lowest BCUT2D eigenvalue weighted by atomic mass is 10.1. The Hall–Kier alpha value is -3.62. The van der Waals surface area contributed by atoms with Crippen LogP contribution in [0.1, 0.15) is 43.6 Å². The number of nitrogens with one attached hydrogen (secondary N) is 1. The second-order valence-corrected chi connectivity index (χ2v) is 14.6. The fourth-order valence-corrected chi connectivity index (χ4v) is 7.86. The minimum absolute atomic E-state index is 0.267. The molecule has 4 aromatic rings. The van der Waals surface area contributed by atoms with Gasteiger partial charge in [-0.1, -0.05) is 69.3 Å². The SMILES string of the molecule is CC[Si](CC)(CC)O[C@@H](CN(CCc1c[nH]c2c(OCc3ccccc3)cccc12)C(=O)O)c1cccnc1. The zero-order valence-corrected chi connectivity index (χ0v) is 24.1. The molecule has 2 aromatic carbocycles. The first-order chi connectivity index (χ1) is 19.0. The summed E-state index contributed by atoms with van der Waals surface area (Å²) in [6, 6.07) is 22.9. The van der Waals surface area contributed by atoms with E-state index in [1.54, 1.807) is 12.4 Å². The summed E-state index contributed by atoms with van der Waals surface area (Å²) >= 11 is 0. The van der Waals surface area contributed by atoms with Gasteiger partial charge in [0.25, 0.3) is 0 Å². The molecule has 2 aromatic heterocycles. The van der Waals surface area contributed by atoms with Gasteiger partial charge < -0.3 is 24.2 Å². The number of amides is 1. The molecule has 0 spiro atoms. The summed E-state index contributed by atoms with van der Waals surface area (Å²) in [5, 5.41) is 11.2. The van der Waals surface area contributed by atoms with E-state index in [4.69, 9.17) is 9.16 Å². The number of para-hydroxylation sites is 1. The van der Waals surface area contributed by atoms with Crippen LogP contribution in [-0.2, 0) is 17.5 Å². The smallest absolute Gasteiger partial charge is 0.407 e. The molecule has 4 rings (SSSR count). The summed E-state index contributed by atoms with van der Waals surface area (Å²) in [7, 11) is -1.98. The number of aromatic nitrogens is 2. The van der Waals surface area contributed by atoms with Crippen LogP contribution in [0.2, 0.25) is 18.1 Å². The van der Waals surface area contributed by atoms with Gasteiger partial charge >= 0.3 is 6.09 Å². The molecule has 0 unspecified atom stereocenters. The molecule has 0 bridgehead atoms. The molecular formula is C31H39N3O4Si. The molecule has 0 fully saturated rings. The molecular weight excluding hydrogens is 506 g/mol. The number of pyridine rings is 1. The average Bonchev–Trinajstić information content (AvgIpc) is 3.40. The Morgan fingerprint density at radius 2 is 1.79 bits per heavy atom. The first-order valence-corrected chi connectivity index (χ1v) is 16.3. The van der Waals surface area contributed by atoms with Crippen LogP contribution in [0, 0.1) is 0 Å². The van der Waals surface area contributed by atoms with E-state index in [9.17, 15) is 9.90 Å². The molecule has 7 nitrogen and oxygen atoms in total. The Morgan fingerprint density at radius 3 is 2.46 bits per heavy atom. The summed E-state index contributed by atoms with van der Waals surface area (Å²) in [6.07, 6.45) is 4.76. The van der Waals surface area contributed by atoms with Crippen molar-refractivity contribution in [3.63, 3.8) is 0 Å². The van der Waals surface area contributed by atoms with E-state index < -0.39 is 14.4 Å². The summed E-state index contributed by atoms with van der Waals surface area (Å²) in [4.78, 5) is 21.5. The molecule has 206 valence electrons. The number of ether oxygens (including phenoxy) is 1. The first kappa shape index (κ1) is 28.4. The number of rotatable bonds is 14. The molecule has 0 aliphatic rings. The largest absolute Gasteiger partial charge is 0.487 e. The molecule has 0 aliphatic heterocycles. The predicted octanol–water partition coefficient (Wildman–Crippen LogP) is 7.43. The van der Waals surface area contributed by atoms with Crippen molar-refractivity contribution in [2.24, 2.45) is 0 Å². The van der Waals surface area contributed by atoms with Crippen molar-refractivity contribution in [1.82, 2.24) is 14.9 Å². The molecule has 0 aliphatic carbocycles. The van der Waals surface area contributed by atoms with E-state index >= 15 is 0 Å². The minimum atomic E-state index is -1.98. The standard InChI is InChI=1S/C31H39N3O4Si/c1-4-39(5-2,6-3)38-29(26-14-11-18-32-20-26)22-34(31(35)36)19-17-25-21-33-30-27(25)15-10-16-28(30)37-23-24-12-8-7-9-13-24/h7-16,18,20-21,29,33H,4-6,17,19,22-23H2,1-3H3,(H,35,36)/t29-/m0/s1. The first-order valence-electron chi connectivity index (χ1n) is 13.8. The number of H-pyrrole nitrogens is 1. The Balaban J connectivity index is 1.49. The van der Waals surface area contributed by atoms with Gasteiger partial charge in [-0.3, -0.25) is 4.98 Å². The molecule has 2 heterocycles. The van der Waals surface area contributed by atoms with E-state index in [0.29, 0.717) is 19.6 Å². The van der Waals surface area contributed by atoms with Gasteiger partial charge in [0.2, 0.25) is 0 Å². The fraction of sp³-hybridized carbons (Fsp3) is 0.355. The molecule has 1 atom stereocenters. The molecule has 0 saturated carbocycles. The number of carboxylic acid groups (broad SMARTS) is 1. The Morgan fingerprint density at radius 1 is 1.03 bits per heavy atom. The quantitative estimate of drug-likeness (QED) is 0.161. The molecule has 8 heteroatoms. The lowest BCUT2D eigenvalue weighted by molar-refractivity contribution is 0.103. The van der Waals surface area contributed by atoms with Crippen LogP contribution in [0.5, 0.6) is 5.75 Å². The zero-order chi connectivity index (χ0) is 27.7. The highest BCUT2D eigenvalue weighted by molar-refractivity contribution is 6.73.